The van der Waals surface area contributed by atoms with E-state index in [9.17, 15) is 9.59 Å². The number of carbonyl (C=O) groups excluding carboxylic acids is 1. The van der Waals surface area contributed by atoms with Crippen molar-refractivity contribution in [3.8, 4) is 0 Å². The molecule has 0 heterocycles. The Bertz CT molecular complexity index is 285. The average Bonchev–Trinajstić information content (AvgIpc) is 2.80. The second-order valence-corrected chi connectivity index (χ2v) is 5.59. The van der Waals surface area contributed by atoms with Crippen LogP contribution in [0.2, 0.25) is 0 Å². The minimum Gasteiger partial charge on any atom is -0.481 e. The van der Waals surface area contributed by atoms with E-state index >= 15 is 0 Å². The van der Waals surface area contributed by atoms with E-state index in [1.54, 1.807) is 7.11 Å². The molecule has 0 bridgehead atoms. The van der Waals surface area contributed by atoms with Crippen molar-refractivity contribution >= 4 is 23.6 Å². The lowest BCUT2D eigenvalue weighted by molar-refractivity contribution is -0.143. The van der Waals surface area contributed by atoms with Crippen molar-refractivity contribution in [3.05, 3.63) is 0 Å². The van der Waals surface area contributed by atoms with Gasteiger partial charge in [-0.2, -0.15) is 0 Å². The molecule has 1 saturated carbocycles. The third-order valence-corrected chi connectivity index (χ3v) is 4.12. The molecule has 0 aromatic heterocycles. The Morgan fingerprint density at radius 2 is 2.22 bits per heavy atom. The summed E-state index contributed by atoms with van der Waals surface area (Å²) in [5.41, 5.74) is 0. The average molecular weight is 275 g/mol. The third kappa shape index (κ3) is 5.27. The number of carbonyl (C=O) groups is 2. The lowest BCUT2D eigenvalue weighted by atomic mass is 9.96. The van der Waals surface area contributed by atoms with Gasteiger partial charge >= 0.3 is 5.97 Å². The van der Waals surface area contributed by atoms with Crippen LogP contribution in [0.4, 0.5) is 0 Å². The van der Waals surface area contributed by atoms with Gasteiger partial charge in [0.15, 0.2) is 0 Å². The molecule has 18 heavy (non-hydrogen) atoms. The number of ether oxygens (including phenoxy) is 1. The molecule has 0 aromatic carbocycles. The molecule has 1 aliphatic carbocycles. The summed E-state index contributed by atoms with van der Waals surface area (Å²) in [6.45, 7) is 1.13. The lowest BCUT2D eigenvalue weighted by Gasteiger charge is -2.16. The summed E-state index contributed by atoms with van der Waals surface area (Å²) in [5.74, 6) is 0.258. The molecule has 1 amide bonds. The molecule has 104 valence electrons. The third-order valence-electron chi connectivity index (χ3n) is 3.20. The highest BCUT2D eigenvalue weighted by molar-refractivity contribution is 7.99. The molecule has 1 aliphatic rings. The summed E-state index contributed by atoms with van der Waals surface area (Å²) in [5, 5.41) is 11.8. The van der Waals surface area contributed by atoms with Crippen molar-refractivity contribution in [2.45, 2.75) is 19.3 Å². The second-order valence-electron chi connectivity index (χ2n) is 4.49. The van der Waals surface area contributed by atoms with Gasteiger partial charge < -0.3 is 15.2 Å². The van der Waals surface area contributed by atoms with Gasteiger partial charge in [-0.15, -0.1) is 11.8 Å². The van der Waals surface area contributed by atoms with E-state index in [2.05, 4.69) is 5.32 Å². The normalized spacial score (nSPS) is 22.9. The Morgan fingerprint density at radius 3 is 2.89 bits per heavy atom. The number of nitrogens with one attached hydrogen (secondary N) is 1. The van der Waals surface area contributed by atoms with Crippen LogP contribution in [0.15, 0.2) is 0 Å². The smallest absolute Gasteiger partial charge is 0.306 e. The zero-order valence-electron chi connectivity index (χ0n) is 10.7. The topological polar surface area (TPSA) is 75.6 Å². The van der Waals surface area contributed by atoms with Crippen LogP contribution >= 0.6 is 11.8 Å². The predicted octanol–water partition coefficient (Wildman–Crippen LogP) is 0.983. The van der Waals surface area contributed by atoms with Crippen molar-refractivity contribution in [2.75, 3.05) is 31.8 Å². The fourth-order valence-electron chi connectivity index (χ4n) is 2.21. The van der Waals surface area contributed by atoms with Gasteiger partial charge in [-0.1, -0.05) is 6.42 Å². The maximum Gasteiger partial charge on any atom is 0.306 e. The predicted molar refractivity (Wildman–Crippen MR) is 70.7 cm³/mol. The zero-order chi connectivity index (χ0) is 13.4. The van der Waals surface area contributed by atoms with Crippen LogP contribution in [0.1, 0.15) is 19.3 Å². The highest BCUT2D eigenvalue weighted by Crippen LogP contribution is 2.31. The van der Waals surface area contributed by atoms with E-state index in [-0.39, 0.29) is 17.7 Å². The van der Waals surface area contributed by atoms with Gasteiger partial charge in [-0.05, 0) is 18.8 Å². The van der Waals surface area contributed by atoms with Crippen molar-refractivity contribution in [3.63, 3.8) is 0 Å². The monoisotopic (exact) mass is 275 g/mol. The van der Waals surface area contributed by atoms with Crippen LogP contribution in [-0.2, 0) is 14.3 Å². The van der Waals surface area contributed by atoms with E-state index in [0.29, 0.717) is 18.9 Å². The van der Waals surface area contributed by atoms with Gasteiger partial charge in [-0.25, -0.2) is 0 Å². The van der Waals surface area contributed by atoms with Crippen LogP contribution < -0.4 is 5.32 Å². The molecular formula is C12H21NO4S. The first-order valence-corrected chi connectivity index (χ1v) is 7.36. The van der Waals surface area contributed by atoms with E-state index in [1.807, 2.05) is 0 Å². The lowest BCUT2D eigenvalue weighted by Crippen LogP contribution is -2.34. The first kappa shape index (κ1) is 15.3. The Morgan fingerprint density at radius 1 is 1.44 bits per heavy atom. The number of carboxylic acid groups (broad SMARTS) is 1. The fraction of sp³-hybridized carbons (Fsp3) is 0.833. The first-order valence-electron chi connectivity index (χ1n) is 6.21. The summed E-state index contributed by atoms with van der Waals surface area (Å²) in [6.07, 6.45) is 2.58. The van der Waals surface area contributed by atoms with Crippen molar-refractivity contribution in [2.24, 2.45) is 11.8 Å². The maximum atomic E-state index is 11.5. The molecule has 0 saturated heterocycles. The summed E-state index contributed by atoms with van der Waals surface area (Å²) < 4.78 is 4.89. The summed E-state index contributed by atoms with van der Waals surface area (Å²) in [6, 6.07) is 0. The fourth-order valence-corrected chi connectivity index (χ4v) is 2.93. The Kier molecular flexibility index (Phi) is 7.12. The molecule has 2 atom stereocenters. The molecule has 2 unspecified atom stereocenters. The van der Waals surface area contributed by atoms with Crippen LogP contribution in [0.25, 0.3) is 0 Å². The molecule has 0 radical (unpaired) electrons. The number of rotatable bonds is 8. The van der Waals surface area contributed by atoms with Crippen LogP contribution in [-0.4, -0.2) is 48.8 Å². The Labute approximate surface area is 112 Å². The largest absolute Gasteiger partial charge is 0.481 e. The molecule has 1 fully saturated rings. The van der Waals surface area contributed by atoms with Gasteiger partial charge in [0.1, 0.15) is 0 Å². The number of hydrogen-bond donors (Lipinski definition) is 2. The van der Waals surface area contributed by atoms with E-state index in [1.165, 1.54) is 11.8 Å². The van der Waals surface area contributed by atoms with Gasteiger partial charge in [0.2, 0.25) is 5.91 Å². The SMILES string of the molecule is COCCSCC(=O)NCC1CCCC1C(=O)O. The molecule has 0 aliphatic heterocycles. The number of carboxylic acids is 1. The highest BCUT2D eigenvalue weighted by atomic mass is 32.2. The highest BCUT2D eigenvalue weighted by Gasteiger charge is 2.32. The quantitative estimate of drug-likeness (QED) is 0.646. The summed E-state index contributed by atoms with van der Waals surface area (Å²) in [7, 11) is 1.63. The van der Waals surface area contributed by atoms with Crippen LogP contribution in [0.5, 0.6) is 0 Å². The van der Waals surface area contributed by atoms with Crippen LogP contribution in [0.3, 0.4) is 0 Å². The van der Waals surface area contributed by atoms with Crippen molar-refractivity contribution < 1.29 is 19.4 Å². The minimum absolute atomic E-state index is 0.0212. The Balaban J connectivity index is 2.15. The molecule has 0 spiro atoms. The molecule has 0 aromatic rings. The van der Waals surface area contributed by atoms with E-state index in [0.717, 1.165) is 25.0 Å². The van der Waals surface area contributed by atoms with Crippen molar-refractivity contribution in [1.29, 1.82) is 0 Å². The second kappa shape index (κ2) is 8.37. The standard InChI is InChI=1S/C12H21NO4S/c1-17-5-6-18-8-11(14)13-7-9-3-2-4-10(9)12(15)16/h9-10H,2-8H2,1H3,(H,13,14)(H,15,16). The van der Waals surface area contributed by atoms with Gasteiger partial charge in [0, 0.05) is 19.4 Å². The zero-order valence-corrected chi connectivity index (χ0v) is 11.5. The molecule has 5 nitrogen and oxygen atoms in total. The number of hydrogen-bond acceptors (Lipinski definition) is 4. The maximum absolute atomic E-state index is 11.5. The molecular weight excluding hydrogens is 254 g/mol. The number of thioether (sulfide) groups is 1. The molecule has 2 N–H and O–H groups in total. The Hall–Kier alpha value is -0.750. The van der Waals surface area contributed by atoms with E-state index in [4.69, 9.17) is 9.84 Å². The first-order chi connectivity index (χ1) is 8.65. The van der Waals surface area contributed by atoms with E-state index < -0.39 is 5.97 Å². The van der Waals surface area contributed by atoms with Gasteiger partial charge in [0.25, 0.3) is 0 Å². The van der Waals surface area contributed by atoms with Gasteiger partial charge in [0.05, 0.1) is 18.3 Å². The summed E-state index contributed by atoms with van der Waals surface area (Å²) >= 11 is 1.52. The number of methoxy groups -OCH3 is 1. The van der Waals surface area contributed by atoms with Crippen molar-refractivity contribution in [1.82, 2.24) is 5.32 Å². The number of aliphatic carboxylic acids is 1. The number of amides is 1. The molecule has 1 rings (SSSR count). The minimum atomic E-state index is -0.735. The van der Waals surface area contributed by atoms with Crippen LogP contribution in [0, 0.1) is 11.8 Å². The van der Waals surface area contributed by atoms with Gasteiger partial charge in [-0.3, -0.25) is 9.59 Å². The molecule has 6 heteroatoms. The summed E-state index contributed by atoms with van der Waals surface area (Å²) in [4.78, 5) is 22.5.